The van der Waals surface area contributed by atoms with E-state index in [0.29, 0.717) is 16.1 Å². The highest BCUT2D eigenvalue weighted by Crippen LogP contribution is 2.29. The molecule has 2 amide bonds. The quantitative estimate of drug-likeness (QED) is 0.217. The third-order valence-electron chi connectivity index (χ3n) is 6.41. The van der Waals surface area contributed by atoms with Gasteiger partial charge in [-0.3, -0.25) is 24.0 Å². The van der Waals surface area contributed by atoms with Crippen LogP contribution in [0.4, 0.5) is 11.4 Å². The van der Waals surface area contributed by atoms with E-state index in [1.807, 2.05) is 30.3 Å². The number of hydrogen-bond donors (Lipinski definition) is 1. The lowest BCUT2D eigenvalue weighted by Crippen LogP contribution is -2.54. The van der Waals surface area contributed by atoms with E-state index < -0.39 is 39.3 Å². The minimum atomic E-state index is -4.10. The summed E-state index contributed by atoms with van der Waals surface area (Å²) in [6.07, 6.45) is 1.04. The number of halogens is 2. The van der Waals surface area contributed by atoms with E-state index in [2.05, 4.69) is 5.32 Å². The second kappa shape index (κ2) is 14.0. The number of nitro benzene ring substituents is 1. The number of non-ortho nitro benzene ring substituents is 1. The first-order chi connectivity index (χ1) is 19.7. The first-order valence-electron chi connectivity index (χ1n) is 13.0. The number of nitrogens with zero attached hydrogens (tertiary/aromatic N) is 3. The molecule has 3 rings (SSSR count). The molecule has 0 radical (unpaired) electrons. The number of amides is 2. The smallest absolute Gasteiger partial charge is 0.271 e. The Morgan fingerprint density at radius 2 is 1.69 bits per heavy atom. The molecule has 10 nitrogen and oxygen atoms in total. The largest absolute Gasteiger partial charge is 0.352 e. The van der Waals surface area contributed by atoms with E-state index in [-0.39, 0.29) is 35.4 Å². The van der Waals surface area contributed by atoms with Crippen LogP contribution in [0.2, 0.25) is 10.0 Å². The van der Waals surface area contributed by atoms with Gasteiger partial charge in [-0.25, -0.2) is 8.42 Å². The third-order valence-corrected chi connectivity index (χ3v) is 8.12. The first-order valence-corrected chi connectivity index (χ1v) is 15.6. The standard InChI is InChI=1S/C29H32Cl2N4O6S/c1-19(2)32-29(37)27(14-21-8-6-5-7-9-21)33(17-22-11-12-23(30)15-25(22)31)28(36)18-34(42(4,40)41)26-16-24(35(38)39)13-10-20(26)3/h5-13,15-16,19,27H,14,17-18H2,1-4H3,(H,32,37)/t27-/m1/s1. The van der Waals surface area contributed by atoms with E-state index in [0.717, 1.165) is 22.2 Å². The van der Waals surface area contributed by atoms with Crippen LogP contribution in [-0.4, -0.2) is 54.9 Å². The van der Waals surface area contributed by atoms with Crippen molar-refractivity contribution in [3.8, 4) is 0 Å². The summed E-state index contributed by atoms with van der Waals surface area (Å²) in [4.78, 5) is 39.8. The number of benzene rings is 3. The third kappa shape index (κ3) is 8.67. The number of carbonyl (C=O) groups is 2. The number of rotatable bonds is 12. The lowest BCUT2D eigenvalue weighted by atomic mass is 10.0. The maximum atomic E-state index is 14.1. The number of hydrogen-bond acceptors (Lipinski definition) is 6. The molecule has 0 aliphatic rings. The molecule has 0 aromatic heterocycles. The van der Waals surface area contributed by atoms with Crippen LogP contribution >= 0.6 is 23.2 Å². The SMILES string of the molecule is Cc1ccc([N+](=O)[O-])cc1N(CC(=O)N(Cc1ccc(Cl)cc1Cl)[C@H](Cc1ccccc1)C(=O)NC(C)C)S(C)(=O)=O. The molecule has 0 spiro atoms. The van der Waals surface area contributed by atoms with Crippen LogP contribution < -0.4 is 9.62 Å². The van der Waals surface area contributed by atoms with Crippen molar-refractivity contribution in [3.05, 3.63) is 104 Å². The Labute approximate surface area is 255 Å². The molecule has 13 heteroatoms. The van der Waals surface area contributed by atoms with Gasteiger partial charge in [0.2, 0.25) is 21.8 Å². The van der Waals surface area contributed by atoms with Gasteiger partial charge in [0.1, 0.15) is 12.6 Å². The molecule has 224 valence electrons. The number of sulfonamides is 1. The minimum Gasteiger partial charge on any atom is -0.352 e. The fourth-order valence-corrected chi connectivity index (χ4v) is 5.71. The normalized spacial score (nSPS) is 12.1. The van der Waals surface area contributed by atoms with Gasteiger partial charge in [-0.2, -0.15) is 0 Å². The van der Waals surface area contributed by atoms with Crippen LogP contribution in [0, 0.1) is 17.0 Å². The van der Waals surface area contributed by atoms with Gasteiger partial charge in [0.05, 0.1) is 16.9 Å². The zero-order valence-electron chi connectivity index (χ0n) is 23.6. The Bertz CT molecular complexity index is 1570. The second-order valence-corrected chi connectivity index (χ2v) is 12.9. The molecule has 3 aromatic carbocycles. The van der Waals surface area contributed by atoms with Crippen molar-refractivity contribution in [1.82, 2.24) is 10.2 Å². The highest BCUT2D eigenvalue weighted by atomic mass is 35.5. The fraction of sp³-hybridized carbons (Fsp3) is 0.310. The van der Waals surface area contributed by atoms with Crippen molar-refractivity contribution in [3.63, 3.8) is 0 Å². The maximum Gasteiger partial charge on any atom is 0.271 e. The summed E-state index contributed by atoms with van der Waals surface area (Å²) in [6.45, 7) is 4.31. The predicted octanol–water partition coefficient (Wildman–Crippen LogP) is 5.14. The first kappa shape index (κ1) is 32.8. The lowest BCUT2D eigenvalue weighted by molar-refractivity contribution is -0.384. The monoisotopic (exact) mass is 634 g/mol. The molecule has 0 fully saturated rings. The van der Waals surface area contributed by atoms with Gasteiger partial charge in [0.25, 0.3) is 5.69 Å². The molecule has 0 saturated heterocycles. The van der Waals surface area contributed by atoms with Crippen LogP contribution in [0.1, 0.15) is 30.5 Å². The number of carbonyl (C=O) groups excluding carboxylic acids is 2. The summed E-state index contributed by atoms with van der Waals surface area (Å²) in [5.41, 5.74) is 1.32. The zero-order valence-corrected chi connectivity index (χ0v) is 25.9. The van der Waals surface area contributed by atoms with Crippen molar-refractivity contribution in [2.24, 2.45) is 0 Å². The molecule has 0 aliphatic heterocycles. The molecule has 0 saturated carbocycles. The van der Waals surface area contributed by atoms with Crippen LogP contribution in [0.5, 0.6) is 0 Å². The number of nitro groups is 1. The molecule has 1 N–H and O–H groups in total. The Hall–Kier alpha value is -3.67. The van der Waals surface area contributed by atoms with Crippen LogP contribution in [0.3, 0.4) is 0 Å². The van der Waals surface area contributed by atoms with E-state index in [9.17, 15) is 28.1 Å². The number of anilines is 1. The van der Waals surface area contributed by atoms with E-state index in [1.165, 1.54) is 23.1 Å². The van der Waals surface area contributed by atoms with Gasteiger partial charge in [0, 0.05) is 41.2 Å². The lowest BCUT2D eigenvalue weighted by Gasteiger charge is -2.34. The molecular weight excluding hydrogens is 603 g/mol. The van der Waals surface area contributed by atoms with Crippen LogP contribution in [0.25, 0.3) is 0 Å². The summed E-state index contributed by atoms with van der Waals surface area (Å²) < 4.78 is 26.8. The maximum absolute atomic E-state index is 14.1. The minimum absolute atomic E-state index is 0.0178. The second-order valence-electron chi connectivity index (χ2n) is 10.1. The molecule has 1 atom stereocenters. The summed E-state index contributed by atoms with van der Waals surface area (Å²) in [5.74, 6) is -1.15. The summed E-state index contributed by atoms with van der Waals surface area (Å²) in [7, 11) is -4.10. The van der Waals surface area contributed by atoms with Crippen LogP contribution in [0.15, 0.2) is 66.7 Å². The Balaban J connectivity index is 2.13. The molecule has 42 heavy (non-hydrogen) atoms. The van der Waals surface area contributed by atoms with Gasteiger partial charge in [0.15, 0.2) is 0 Å². The topological polar surface area (TPSA) is 130 Å². The van der Waals surface area contributed by atoms with Crippen molar-refractivity contribution in [1.29, 1.82) is 0 Å². The van der Waals surface area contributed by atoms with Gasteiger partial charge >= 0.3 is 0 Å². The average Bonchev–Trinajstić information content (AvgIpc) is 2.90. The fourth-order valence-electron chi connectivity index (χ4n) is 4.34. The summed E-state index contributed by atoms with van der Waals surface area (Å²) in [5, 5.41) is 14.9. The Morgan fingerprint density at radius 1 is 1.02 bits per heavy atom. The molecule has 0 bridgehead atoms. The molecule has 0 unspecified atom stereocenters. The van der Waals surface area contributed by atoms with E-state index >= 15 is 0 Å². The summed E-state index contributed by atoms with van der Waals surface area (Å²) >= 11 is 12.5. The van der Waals surface area contributed by atoms with E-state index in [1.54, 1.807) is 32.9 Å². The van der Waals surface area contributed by atoms with Gasteiger partial charge in [-0.15, -0.1) is 0 Å². The Kier molecular flexibility index (Phi) is 10.9. The van der Waals surface area contributed by atoms with Crippen molar-refractivity contribution < 1.29 is 22.9 Å². The van der Waals surface area contributed by atoms with Gasteiger partial charge in [-0.1, -0.05) is 65.7 Å². The van der Waals surface area contributed by atoms with Gasteiger partial charge < -0.3 is 10.2 Å². The number of nitrogens with one attached hydrogen (secondary N) is 1. The highest BCUT2D eigenvalue weighted by molar-refractivity contribution is 7.92. The van der Waals surface area contributed by atoms with Crippen molar-refractivity contribution in [2.45, 2.75) is 45.8 Å². The average molecular weight is 636 g/mol. The predicted molar refractivity (Wildman–Crippen MR) is 164 cm³/mol. The van der Waals surface area contributed by atoms with E-state index in [4.69, 9.17) is 23.2 Å². The Morgan fingerprint density at radius 3 is 2.26 bits per heavy atom. The zero-order chi connectivity index (χ0) is 31.2. The molecular formula is C29H32Cl2N4O6S. The van der Waals surface area contributed by atoms with Crippen LogP contribution in [-0.2, 0) is 32.6 Å². The van der Waals surface area contributed by atoms with Crippen molar-refractivity contribution in [2.75, 3.05) is 17.1 Å². The van der Waals surface area contributed by atoms with Crippen molar-refractivity contribution >= 4 is 56.4 Å². The number of aryl methyl sites for hydroxylation is 1. The summed E-state index contributed by atoms with van der Waals surface area (Å²) in [6, 6.07) is 16.3. The van der Waals surface area contributed by atoms with Gasteiger partial charge in [-0.05, 0) is 49.6 Å². The highest BCUT2D eigenvalue weighted by Gasteiger charge is 2.34. The molecule has 3 aromatic rings. The molecule has 0 heterocycles. The molecule has 0 aliphatic carbocycles.